The van der Waals surface area contributed by atoms with Crippen molar-refractivity contribution in [3.05, 3.63) is 38.5 Å². The summed E-state index contributed by atoms with van der Waals surface area (Å²) in [6, 6.07) is 3.65. The van der Waals surface area contributed by atoms with Gasteiger partial charge in [0.15, 0.2) is 0 Å². The summed E-state index contributed by atoms with van der Waals surface area (Å²) in [4.78, 5) is 28.8. The van der Waals surface area contributed by atoms with Crippen LogP contribution in [0.4, 0.5) is 0 Å². The van der Waals surface area contributed by atoms with Gasteiger partial charge in [0.1, 0.15) is 23.4 Å². The topological polar surface area (TPSA) is 155 Å². The molecule has 1 aliphatic heterocycles. The zero-order chi connectivity index (χ0) is 32.2. The van der Waals surface area contributed by atoms with Crippen LogP contribution in [0.5, 0.6) is 5.75 Å². The second kappa shape index (κ2) is 24.1. The quantitative estimate of drug-likeness (QED) is 0.0501. The molecular weight excluding hydrogens is 728 g/mol. The lowest BCUT2D eigenvalue weighted by atomic mass is 10.0. The highest BCUT2D eigenvalue weighted by Crippen LogP contribution is 2.35. The third-order valence-electron chi connectivity index (χ3n) is 7.27. The number of carbonyl (C=O) groups is 2. The number of ether oxygens (including phenoxy) is 1. The molecule has 45 heavy (non-hydrogen) atoms. The highest BCUT2D eigenvalue weighted by molar-refractivity contribution is 9.11. The van der Waals surface area contributed by atoms with Gasteiger partial charge in [0.05, 0.1) is 15.6 Å². The van der Waals surface area contributed by atoms with Gasteiger partial charge in [0.2, 0.25) is 5.91 Å². The number of hydrogen-bond donors (Lipinski definition) is 5. The number of carbonyl (C=O) groups excluding carboxylic acids is 2. The van der Waals surface area contributed by atoms with Crippen LogP contribution in [0.15, 0.2) is 43.1 Å². The zero-order valence-corrected chi connectivity index (χ0v) is 30.6. The Labute approximate surface area is 291 Å². The van der Waals surface area contributed by atoms with E-state index in [4.69, 9.17) is 10.5 Å². The first kappa shape index (κ1) is 40.9. The van der Waals surface area contributed by atoms with Crippen LogP contribution < -0.4 is 38.8 Å². The number of benzene rings is 1. The summed E-state index contributed by atoms with van der Waals surface area (Å²) in [5.41, 5.74) is 7.15. The lowest BCUT2D eigenvalue weighted by Crippen LogP contribution is -3.00. The molecule has 254 valence electrons. The number of guanidine groups is 1. The molecule has 1 aromatic rings. The molecule has 0 saturated heterocycles. The second-order valence-corrected chi connectivity index (χ2v) is 13.4. The molecule has 0 aliphatic carbocycles. The standard InChI is InChI=1S/C32H50Br2N6O4.ClH/c1-23(2)13-10-8-6-4-3-5-7-9-11-14-29(41)36-16-12-18-44-30-26(33)19-24(20-27(30)34)21-28(40-43)31(42)37-17-15-25-22-38-32(35)39-25;/h19-20,22-23,43H,3-18,21H2,1-2H3,(H,36,41)(H,37,42)(H3,35,38,39);1H. The molecule has 0 aromatic heterocycles. The van der Waals surface area contributed by atoms with Crippen molar-refractivity contribution >= 4 is 55.3 Å². The van der Waals surface area contributed by atoms with Crippen LogP contribution in [0.3, 0.4) is 0 Å². The predicted molar refractivity (Wildman–Crippen MR) is 183 cm³/mol. The third kappa shape index (κ3) is 17.9. The molecular formula is C32H51Br2ClN6O4. The van der Waals surface area contributed by atoms with Gasteiger partial charge >= 0.3 is 5.96 Å². The predicted octanol–water partition coefficient (Wildman–Crippen LogP) is 2.66. The van der Waals surface area contributed by atoms with E-state index in [1.165, 1.54) is 51.4 Å². The van der Waals surface area contributed by atoms with Crippen LogP contribution in [-0.4, -0.2) is 48.4 Å². The summed E-state index contributed by atoms with van der Waals surface area (Å²) in [5, 5.41) is 20.1. The Balaban J connectivity index is 0.0000101. The number of hydrogen-bond acceptors (Lipinski definition) is 7. The first-order valence-electron chi connectivity index (χ1n) is 15.9. The summed E-state index contributed by atoms with van der Waals surface area (Å²) in [7, 11) is 0. The smallest absolute Gasteiger partial charge is 0.301 e. The van der Waals surface area contributed by atoms with Crippen LogP contribution in [-0.2, 0) is 16.0 Å². The molecule has 7 N–H and O–H groups in total. The van der Waals surface area contributed by atoms with E-state index in [0.29, 0.717) is 59.6 Å². The Morgan fingerprint density at radius 1 is 0.978 bits per heavy atom. The Bertz CT molecular complexity index is 1120. The first-order chi connectivity index (χ1) is 21.2. The van der Waals surface area contributed by atoms with Crippen molar-refractivity contribution in [2.75, 3.05) is 19.7 Å². The van der Waals surface area contributed by atoms with E-state index in [1.54, 1.807) is 11.5 Å². The fraction of sp³-hybridized carbons (Fsp3) is 0.625. The summed E-state index contributed by atoms with van der Waals surface area (Å²) in [6.07, 6.45) is 16.3. The summed E-state index contributed by atoms with van der Waals surface area (Å²) >= 11 is 7.07. The molecule has 0 fully saturated rings. The van der Waals surface area contributed by atoms with Gasteiger partial charge < -0.3 is 38.7 Å². The van der Waals surface area contributed by atoms with Crippen molar-refractivity contribution in [2.24, 2.45) is 21.8 Å². The van der Waals surface area contributed by atoms with Crippen molar-refractivity contribution in [2.45, 2.75) is 104 Å². The number of oxime groups is 1. The molecule has 2 amide bonds. The first-order valence-corrected chi connectivity index (χ1v) is 17.5. The molecule has 0 spiro atoms. The van der Waals surface area contributed by atoms with Crippen LogP contribution in [0.1, 0.15) is 103 Å². The Morgan fingerprint density at radius 3 is 2.18 bits per heavy atom. The van der Waals surface area contributed by atoms with Gasteiger partial charge in [-0.2, -0.15) is 4.99 Å². The second-order valence-electron chi connectivity index (χ2n) is 11.6. The van der Waals surface area contributed by atoms with Gasteiger partial charge in [-0.05, 0) is 68.3 Å². The SMILES string of the molecule is CC(C)CCCCCCCCCCCC(=O)NCCCOc1c(Br)cc(CC(=NO)C(=O)NCCC2=C[NH2+]C(N)=N2)cc1Br.[Cl-]. The number of quaternary nitrogens is 1. The van der Waals surface area contributed by atoms with E-state index in [9.17, 15) is 14.8 Å². The lowest BCUT2D eigenvalue weighted by molar-refractivity contribution is -0.460. The molecule has 1 aliphatic rings. The average Bonchev–Trinajstić information content (AvgIpc) is 3.39. The maximum absolute atomic E-state index is 12.5. The summed E-state index contributed by atoms with van der Waals surface area (Å²) in [5.74, 6) is 1.53. The molecule has 0 atom stereocenters. The maximum atomic E-state index is 12.5. The number of nitrogens with one attached hydrogen (secondary N) is 2. The van der Waals surface area contributed by atoms with Crippen molar-refractivity contribution in [3.8, 4) is 5.75 Å². The number of aliphatic imine (C=N–C) groups is 1. The van der Waals surface area contributed by atoms with Gasteiger partial charge in [-0.3, -0.25) is 14.9 Å². The Kier molecular flexibility index (Phi) is 21.9. The van der Waals surface area contributed by atoms with Crippen LogP contribution in [0, 0.1) is 5.92 Å². The molecule has 0 unspecified atom stereocenters. The monoisotopic (exact) mass is 776 g/mol. The van der Waals surface area contributed by atoms with Gasteiger partial charge in [0, 0.05) is 32.4 Å². The maximum Gasteiger partial charge on any atom is 0.301 e. The number of amides is 2. The lowest BCUT2D eigenvalue weighted by Gasteiger charge is -2.13. The largest absolute Gasteiger partial charge is 1.00 e. The van der Waals surface area contributed by atoms with E-state index < -0.39 is 5.91 Å². The zero-order valence-electron chi connectivity index (χ0n) is 26.7. The normalized spacial score (nSPS) is 12.9. The molecule has 2 rings (SSSR count). The third-order valence-corrected chi connectivity index (χ3v) is 8.45. The minimum atomic E-state index is -0.458. The van der Waals surface area contributed by atoms with Crippen LogP contribution >= 0.6 is 31.9 Å². The molecule has 0 saturated carbocycles. The van der Waals surface area contributed by atoms with Gasteiger partial charge in [-0.15, -0.1) is 0 Å². The van der Waals surface area contributed by atoms with Gasteiger partial charge in [-0.25, -0.2) is 0 Å². The molecule has 13 heteroatoms. The Morgan fingerprint density at radius 2 is 1.60 bits per heavy atom. The number of halogens is 3. The van der Waals surface area contributed by atoms with Gasteiger partial charge in [-0.1, -0.05) is 76.8 Å². The average molecular weight is 779 g/mol. The number of nitrogens with two attached hydrogens (primary N) is 2. The number of unbranched alkanes of at least 4 members (excludes halogenated alkanes) is 8. The summed E-state index contributed by atoms with van der Waals surface area (Å²) in [6.45, 7) is 5.92. The number of rotatable bonds is 23. The van der Waals surface area contributed by atoms with E-state index in [2.05, 4.69) is 66.5 Å². The minimum Gasteiger partial charge on any atom is -1.00 e. The Hall–Kier alpha value is -2.15. The van der Waals surface area contributed by atoms with E-state index in [-0.39, 0.29) is 30.4 Å². The van der Waals surface area contributed by atoms with Crippen molar-refractivity contribution in [1.29, 1.82) is 0 Å². The molecule has 1 heterocycles. The van der Waals surface area contributed by atoms with Gasteiger partial charge in [0.25, 0.3) is 5.91 Å². The van der Waals surface area contributed by atoms with E-state index >= 15 is 0 Å². The van der Waals surface area contributed by atoms with Crippen LogP contribution in [0.2, 0.25) is 0 Å². The molecule has 10 nitrogen and oxygen atoms in total. The number of nitrogens with zero attached hydrogens (tertiary/aromatic N) is 2. The highest BCUT2D eigenvalue weighted by Gasteiger charge is 2.17. The van der Waals surface area contributed by atoms with E-state index in [1.807, 2.05) is 12.1 Å². The molecule has 0 radical (unpaired) electrons. The minimum absolute atomic E-state index is 0. The highest BCUT2D eigenvalue weighted by atomic mass is 79.9. The van der Waals surface area contributed by atoms with Crippen LogP contribution in [0.25, 0.3) is 0 Å². The molecule has 1 aromatic carbocycles. The van der Waals surface area contributed by atoms with Crippen molar-refractivity contribution in [1.82, 2.24) is 10.6 Å². The fourth-order valence-corrected chi connectivity index (χ4v) is 6.32. The summed E-state index contributed by atoms with van der Waals surface area (Å²) < 4.78 is 7.35. The van der Waals surface area contributed by atoms with Crippen molar-refractivity contribution < 1.29 is 37.3 Å². The van der Waals surface area contributed by atoms with Crippen molar-refractivity contribution in [3.63, 3.8) is 0 Å². The fourth-order valence-electron chi connectivity index (χ4n) is 4.81. The van der Waals surface area contributed by atoms with E-state index in [0.717, 1.165) is 30.0 Å². The molecule has 0 bridgehead atoms.